The summed E-state index contributed by atoms with van der Waals surface area (Å²) in [6.07, 6.45) is 4.74. The van der Waals surface area contributed by atoms with Crippen LogP contribution in [0.1, 0.15) is 40.6 Å². The summed E-state index contributed by atoms with van der Waals surface area (Å²) in [5, 5.41) is 4.33. The van der Waals surface area contributed by atoms with Gasteiger partial charge in [-0.25, -0.2) is 21.9 Å². The predicted octanol–water partition coefficient (Wildman–Crippen LogP) is 4.71. The van der Waals surface area contributed by atoms with Gasteiger partial charge in [-0.3, -0.25) is 14.3 Å². The summed E-state index contributed by atoms with van der Waals surface area (Å²) in [5.41, 5.74) is 0.915. The Bertz CT molecular complexity index is 1850. The number of hydrogen-bond donors (Lipinski definition) is 0. The van der Waals surface area contributed by atoms with Gasteiger partial charge in [0.1, 0.15) is 22.2 Å². The lowest BCUT2D eigenvalue weighted by atomic mass is 10.0. The Morgan fingerprint density at radius 1 is 1.10 bits per heavy atom. The summed E-state index contributed by atoms with van der Waals surface area (Å²) in [6, 6.07) is 5.42. The fraction of sp³-hybridized carbons (Fsp3) is 0.296. The molecule has 8 nitrogen and oxygen atoms in total. The van der Waals surface area contributed by atoms with E-state index in [0.717, 1.165) is 34.8 Å². The molecular formula is C27H23ClF2N4O4S. The largest absolute Gasteiger partial charge is 0.476 e. The SMILES string of the molecule is Cc1cnc(-c2cccc(S(C)(=O)=O)c2F)c(F)c1-n1c(C)cc([C@H]2C[C@@H]2c2cnn3c2OCC3)c(Cl)c1=O. The van der Waals surface area contributed by atoms with E-state index >= 15 is 8.78 Å². The van der Waals surface area contributed by atoms with Crippen LogP contribution < -0.4 is 10.3 Å². The zero-order valence-corrected chi connectivity index (χ0v) is 22.8. The van der Waals surface area contributed by atoms with E-state index in [1.54, 1.807) is 26.1 Å². The van der Waals surface area contributed by atoms with Crippen LogP contribution in [0.15, 0.2) is 46.3 Å². The van der Waals surface area contributed by atoms with E-state index in [2.05, 4.69) is 10.1 Å². The number of sulfone groups is 1. The number of hydrogen-bond acceptors (Lipinski definition) is 6. The first-order chi connectivity index (χ1) is 18.5. The third kappa shape index (κ3) is 4.06. The van der Waals surface area contributed by atoms with Gasteiger partial charge in [0.05, 0.1) is 18.4 Å². The van der Waals surface area contributed by atoms with Crippen LogP contribution in [-0.4, -0.2) is 40.6 Å². The van der Waals surface area contributed by atoms with Crippen LogP contribution in [0.4, 0.5) is 8.78 Å². The van der Waals surface area contributed by atoms with Gasteiger partial charge in [0.2, 0.25) is 5.88 Å². The molecule has 12 heteroatoms. The number of halogens is 3. The number of aryl methyl sites for hydroxylation is 2. The van der Waals surface area contributed by atoms with Gasteiger partial charge < -0.3 is 4.74 Å². The second-order valence-corrected chi connectivity index (χ2v) is 12.3. The Balaban J connectivity index is 1.44. The van der Waals surface area contributed by atoms with E-state index in [0.29, 0.717) is 30.0 Å². The maximum Gasteiger partial charge on any atom is 0.274 e. The van der Waals surface area contributed by atoms with Crippen molar-refractivity contribution in [1.82, 2.24) is 19.3 Å². The topological polar surface area (TPSA) is 96.1 Å². The molecule has 6 rings (SSSR count). The predicted molar refractivity (Wildman–Crippen MR) is 141 cm³/mol. The fourth-order valence-corrected chi connectivity index (χ4v) is 6.40. The van der Waals surface area contributed by atoms with E-state index in [1.807, 2.05) is 4.68 Å². The first-order valence-corrected chi connectivity index (χ1v) is 14.5. The fourth-order valence-electron chi connectivity index (χ4n) is 5.36. The number of rotatable bonds is 5. The molecule has 0 amide bonds. The molecule has 39 heavy (non-hydrogen) atoms. The van der Waals surface area contributed by atoms with Gasteiger partial charge in [-0.15, -0.1) is 0 Å². The number of nitrogens with zero attached hydrogens (tertiary/aromatic N) is 4. The van der Waals surface area contributed by atoms with Crippen molar-refractivity contribution in [3.8, 4) is 22.8 Å². The smallest absolute Gasteiger partial charge is 0.274 e. The summed E-state index contributed by atoms with van der Waals surface area (Å²) in [7, 11) is -3.91. The molecule has 1 aromatic carbocycles. The highest BCUT2D eigenvalue weighted by Gasteiger charge is 2.45. The number of benzene rings is 1. The van der Waals surface area contributed by atoms with Crippen LogP contribution >= 0.6 is 11.6 Å². The molecule has 2 aliphatic rings. The van der Waals surface area contributed by atoms with Crippen molar-refractivity contribution in [3.63, 3.8) is 0 Å². The molecule has 202 valence electrons. The third-order valence-electron chi connectivity index (χ3n) is 7.33. The Hall–Kier alpha value is -3.57. The molecule has 0 radical (unpaired) electrons. The highest BCUT2D eigenvalue weighted by molar-refractivity contribution is 7.90. The quantitative estimate of drug-likeness (QED) is 0.344. The number of ether oxygens (including phenoxy) is 1. The minimum absolute atomic E-state index is 0.0107. The van der Waals surface area contributed by atoms with E-state index in [9.17, 15) is 13.2 Å². The lowest BCUT2D eigenvalue weighted by molar-refractivity contribution is 0.353. The Morgan fingerprint density at radius 2 is 1.85 bits per heavy atom. The molecule has 4 heterocycles. The zero-order chi connectivity index (χ0) is 27.8. The maximum absolute atomic E-state index is 16.0. The Kier molecular flexibility index (Phi) is 5.92. The molecule has 0 unspecified atom stereocenters. The standard InChI is InChI=1S/C27H23ClF2N4O4S/c1-13-11-31-24(15-5-4-6-20(22(15)29)39(3,36)37)23(30)25(13)34-14(2)9-18(21(28)26(34)35)16-10-17(16)19-12-32-33-7-8-38-27(19)33/h4-6,9,11-12,16-17H,7-8,10H2,1-3H3/t16-,17-/m0/s1. The van der Waals surface area contributed by atoms with Gasteiger partial charge in [0.25, 0.3) is 5.56 Å². The molecule has 0 bridgehead atoms. The lowest BCUT2D eigenvalue weighted by Crippen LogP contribution is -2.24. The summed E-state index contributed by atoms with van der Waals surface area (Å²) in [4.78, 5) is 17.1. The molecule has 1 aliphatic carbocycles. The summed E-state index contributed by atoms with van der Waals surface area (Å²) < 4.78 is 63.9. The van der Waals surface area contributed by atoms with E-state index in [1.165, 1.54) is 18.3 Å². The lowest BCUT2D eigenvalue weighted by Gasteiger charge is -2.18. The van der Waals surface area contributed by atoms with Gasteiger partial charge in [-0.2, -0.15) is 5.10 Å². The number of pyridine rings is 2. The Labute approximate surface area is 227 Å². The van der Waals surface area contributed by atoms with Gasteiger partial charge >= 0.3 is 0 Å². The van der Waals surface area contributed by atoms with Crippen molar-refractivity contribution in [2.75, 3.05) is 12.9 Å². The summed E-state index contributed by atoms with van der Waals surface area (Å²) in [6.45, 7) is 4.52. The maximum atomic E-state index is 16.0. The van der Waals surface area contributed by atoms with Crippen molar-refractivity contribution in [2.45, 2.75) is 43.5 Å². The van der Waals surface area contributed by atoms with Crippen LogP contribution in [0.25, 0.3) is 16.9 Å². The van der Waals surface area contributed by atoms with E-state index < -0.39 is 37.6 Å². The number of aromatic nitrogens is 4. The van der Waals surface area contributed by atoms with Gasteiger partial charge in [0, 0.05) is 29.3 Å². The van der Waals surface area contributed by atoms with Gasteiger partial charge in [0.15, 0.2) is 21.5 Å². The highest BCUT2D eigenvalue weighted by Crippen LogP contribution is 2.58. The van der Waals surface area contributed by atoms with Crippen LogP contribution in [0.2, 0.25) is 5.02 Å². The first kappa shape index (κ1) is 25.7. The Morgan fingerprint density at radius 3 is 2.59 bits per heavy atom. The van der Waals surface area contributed by atoms with E-state index in [-0.39, 0.29) is 28.1 Å². The highest BCUT2D eigenvalue weighted by atomic mass is 35.5. The minimum atomic E-state index is -3.91. The normalized spacial score (nSPS) is 18.2. The van der Waals surface area contributed by atoms with Crippen LogP contribution in [0.3, 0.4) is 0 Å². The van der Waals surface area contributed by atoms with Crippen molar-refractivity contribution in [2.24, 2.45) is 0 Å². The van der Waals surface area contributed by atoms with Crippen LogP contribution in [-0.2, 0) is 16.4 Å². The monoisotopic (exact) mass is 572 g/mol. The van der Waals surface area contributed by atoms with Crippen molar-refractivity contribution < 1.29 is 21.9 Å². The molecule has 2 atom stereocenters. The molecule has 4 aromatic rings. The van der Waals surface area contributed by atoms with Gasteiger partial charge in [-0.1, -0.05) is 17.7 Å². The zero-order valence-electron chi connectivity index (χ0n) is 21.2. The van der Waals surface area contributed by atoms with Gasteiger partial charge in [-0.05, 0) is 61.4 Å². The third-order valence-corrected chi connectivity index (χ3v) is 8.82. The van der Waals surface area contributed by atoms with E-state index in [4.69, 9.17) is 16.3 Å². The molecule has 1 aliphatic heterocycles. The molecule has 0 spiro atoms. The molecule has 0 N–H and O–H groups in total. The molecule has 1 fully saturated rings. The number of fused-ring (bicyclic) bond motifs is 1. The average molecular weight is 573 g/mol. The molecular weight excluding hydrogens is 550 g/mol. The average Bonchev–Trinajstić information content (AvgIpc) is 3.32. The van der Waals surface area contributed by atoms with Crippen LogP contribution in [0, 0.1) is 25.5 Å². The summed E-state index contributed by atoms with van der Waals surface area (Å²) in [5.74, 6) is -1.24. The second-order valence-electron chi connectivity index (χ2n) is 9.96. The van der Waals surface area contributed by atoms with Crippen molar-refractivity contribution in [1.29, 1.82) is 0 Å². The second kappa shape index (κ2) is 8.99. The molecule has 3 aromatic heterocycles. The summed E-state index contributed by atoms with van der Waals surface area (Å²) >= 11 is 6.61. The van der Waals surface area contributed by atoms with Crippen LogP contribution in [0.5, 0.6) is 5.88 Å². The first-order valence-electron chi connectivity index (χ1n) is 12.2. The molecule has 0 saturated heterocycles. The van der Waals surface area contributed by atoms with Crippen molar-refractivity contribution in [3.05, 3.63) is 86.1 Å². The van der Waals surface area contributed by atoms with Crippen molar-refractivity contribution >= 4 is 21.4 Å². The minimum Gasteiger partial charge on any atom is -0.476 e. The molecule has 1 saturated carbocycles.